The summed E-state index contributed by atoms with van der Waals surface area (Å²) < 4.78 is 31.4. The Morgan fingerprint density at radius 1 is 1.44 bits per heavy atom. The predicted octanol–water partition coefficient (Wildman–Crippen LogP) is 1.72. The van der Waals surface area contributed by atoms with Crippen LogP contribution in [0.15, 0.2) is 18.2 Å². The molecule has 100 valence electrons. The van der Waals surface area contributed by atoms with Crippen LogP contribution in [0.3, 0.4) is 0 Å². The van der Waals surface area contributed by atoms with Crippen molar-refractivity contribution in [3.63, 3.8) is 0 Å². The first-order valence-corrected chi connectivity index (χ1v) is 6.08. The van der Waals surface area contributed by atoms with E-state index in [1.165, 1.54) is 6.07 Å². The highest BCUT2D eigenvalue weighted by molar-refractivity contribution is 5.21. The maximum absolute atomic E-state index is 13.1. The van der Waals surface area contributed by atoms with Gasteiger partial charge in [0.2, 0.25) is 0 Å². The van der Waals surface area contributed by atoms with Gasteiger partial charge in [-0.25, -0.2) is 8.78 Å². The van der Waals surface area contributed by atoms with Gasteiger partial charge in [-0.3, -0.25) is 4.90 Å². The van der Waals surface area contributed by atoms with Crippen molar-refractivity contribution in [2.24, 2.45) is 0 Å². The van der Waals surface area contributed by atoms with Crippen molar-refractivity contribution >= 4 is 0 Å². The summed E-state index contributed by atoms with van der Waals surface area (Å²) in [6.07, 6.45) is -1.34. The maximum atomic E-state index is 13.1. The number of aliphatic hydroxyl groups excluding tert-OH is 1. The molecule has 1 aliphatic rings. The molecule has 0 bridgehead atoms. The van der Waals surface area contributed by atoms with Crippen molar-refractivity contribution in [3.05, 3.63) is 35.4 Å². The fourth-order valence-corrected chi connectivity index (χ4v) is 2.12. The van der Waals surface area contributed by atoms with E-state index in [1.54, 1.807) is 0 Å². The van der Waals surface area contributed by atoms with Gasteiger partial charge in [-0.2, -0.15) is 0 Å². The Hall–Kier alpha value is -1.04. The Bertz CT molecular complexity index is 414. The summed E-state index contributed by atoms with van der Waals surface area (Å²) >= 11 is 0. The number of aliphatic hydroxyl groups is 1. The highest BCUT2D eigenvalue weighted by Crippen LogP contribution is 2.23. The van der Waals surface area contributed by atoms with E-state index in [1.807, 2.05) is 6.92 Å². The van der Waals surface area contributed by atoms with Gasteiger partial charge in [0.05, 0.1) is 6.61 Å². The van der Waals surface area contributed by atoms with Crippen LogP contribution < -0.4 is 0 Å². The lowest BCUT2D eigenvalue weighted by Gasteiger charge is -2.34. The Balaban J connectivity index is 2.10. The molecule has 0 aliphatic carbocycles. The summed E-state index contributed by atoms with van der Waals surface area (Å²) in [4.78, 5) is 2.15. The molecule has 1 heterocycles. The number of hydrogen-bond acceptors (Lipinski definition) is 3. The van der Waals surface area contributed by atoms with E-state index in [9.17, 15) is 13.9 Å². The molecule has 2 rings (SSSR count). The SMILES string of the molecule is CCN1CCOC(C(O)c2ccc(F)c(F)c2)C1. The third-order valence-electron chi connectivity index (χ3n) is 3.26. The highest BCUT2D eigenvalue weighted by atomic mass is 19.2. The van der Waals surface area contributed by atoms with Gasteiger partial charge in [0, 0.05) is 13.1 Å². The monoisotopic (exact) mass is 257 g/mol. The van der Waals surface area contributed by atoms with Gasteiger partial charge in [-0.1, -0.05) is 13.0 Å². The van der Waals surface area contributed by atoms with Crippen LogP contribution in [-0.4, -0.2) is 42.4 Å². The summed E-state index contributed by atoms with van der Waals surface area (Å²) in [6.45, 7) is 4.88. The Morgan fingerprint density at radius 2 is 2.22 bits per heavy atom. The number of rotatable bonds is 3. The normalized spacial score (nSPS) is 23.0. The van der Waals surface area contributed by atoms with Crippen molar-refractivity contribution in [2.75, 3.05) is 26.2 Å². The minimum absolute atomic E-state index is 0.344. The van der Waals surface area contributed by atoms with Gasteiger partial charge in [0.25, 0.3) is 0 Å². The zero-order chi connectivity index (χ0) is 13.1. The third-order valence-corrected chi connectivity index (χ3v) is 3.26. The van der Waals surface area contributed by atoms with Gasteiger partial charge in [-0.15, -0.1) is 0 Å². The smallest absolute Gasteiger partial charge is 0.159 e. The van der Waals surface area contributed by atoms with E-state index in [0.29, 0.717) is 18.7 Å². The van der Waals surface area contributed by atoms with E-state index < -0.39 is 23.8 Å². The average molecular weight is 257 g/mol. The number of morpholine rings is 1. The topological polar surface area (TPSA) is 32.7 Å². The second kappa shape index (κ2) is 5.73. The molecule has 0 saturated carbocycles. The zero-order valence-electron chi connectivity index (χ0n) is 10.3. The van der Waals surface area contributed by atoms with Crippen molar-refractivity contribution < 1.29 is 18.6 Å². The summed E-state index contributed by atoms with van der Waals surface area (Å²) in [5, 5.41) is 10.1. The molecule has 2 atom stereocenters. The number of likely N-dealkylation sites (N-methyl/N-ethyl adjacent to an activating group) is 1. The van der Waals surface area contributed by atoms with Crippen LogP contribution in [0.25, 0.3) is 0 Å². The van der Waals surface area contributed by atoms with Crippen LogP contribution in [0.1, 0.15) is 18.6 Å². The Kier molecular flexibility index (Phi) is 4.27. The minimum Gasteiger partial charge on any atom is -0.386 e. The molecule has 0 radical (unpaired) electrons. The fraction of sp³-hybridized carbons (Fsp3) is 0.538. The van der Waals surface area contributed by atoms with Gasteiger partial charge in [0.15, 0.2) is 11.6 Å². The number of ether oxygens (including phenoxy) is 1. The van der Waals surface area contributed by atoms with Gasteiger partial charge < -0.3 is 9.84 Å². The predicted molar refractivity (Wildman–Crippen MR) is 63.2 cm³/mol. The van der Waals surface area contributed by atoms with Gasteiger partial charge in [-0.05, 0) is 24.2 Å². The number of nitrogens with zero attached hydrogens (tertiary/aromatic N) is 1. The molecule has 0 amide bonds. The fourth-order valence-electron chi connectivity index (χ4n) is 2.12. The minimum atomic E-state index is -0.949. The molecule has 1 N–H and O–H groups in total. The quantitative estimate of drug-likeness (QED) is 0.895. The van der Waals surface area contributed by atoms with Crippen molar-refractivity contribution in [2.45, 2.75) is 19.1 Å². The highest BCUT2D eigenvalue weighted by Gasteiger charge is 2.27. The molecule has 5 heteroatoms. The van der Waals surface area contributed by atoms with E-state index in [4.69, 9.17) is 4.74 Å². The molecule has 18 heavy (non-hydrogen) atoms. The van der Waals surface area contributed by atoms with E-state index in [0.717, 1.165) is 25.2 Å². The number of hydrogen-bond donors (Lipinski definition) is 1. The second-order valence-corrected chi connectivity index (χ2v) is 4.42. The lowest BCUT2D eigenvalue weighted by molar-refractivity contribution is -0.0889. The molecule has 0 spiro atoms. The zero-order valence-corrected chi connectivity index (χ0v) is 10.3. The summed E-state index contributed by atoms with van der Waals surface area (Å²) in [5.74, 6) is -1.86. The van der Waals surface area contributed by atoms with Gasteiger partial charge in [0.1, 0.15) is 12.2 Å². The van der Waals surface area contributed by atoms with E-state index >= 15 is 0 Å². The van der Waals surface area contributed by atoms with Gasteiger partial charge >= 0.3 is 0 Å². The molecule has 1 aromatic rings. The van der Waals surface area contributed by atoms with Crippen LogP contribution in [0.2, 0.25) is 0 Å². The molecular weight excluding hydrogens is 240 g/mol. The summed E-state index contributed by atoms with van der Waals surface area (Å²) in [6, 6.07) is 3.43. The summed E-state index contributed by atoms with van der Waals surface area (Å²) in [7, 11) is 0. The first kappa shape index (κ1) is 13.4. The molecular formula is C13H17F2NO2. The van der Waals surface area contributed by atoms with Crippen LogP contribution in [-0.2, 0) is 4.74 Å². The first-order valence-electron chi connectivity index (χ1n) is 6.08. The molecule has 2 unspecified atom stereocenters. The van der Waals surface area contributed by atoms with E-state index in [-0.39, 0.29) is 0 Å². The molecule has 1 aliphatic heterocycles. The Morgan fingerprint density at radius 3 is 2.89 bits per heavy atom. The third kappa shape index (κ3) is 2.85. The second-order valence-electron chi connectivity index (χ2n) is 4.42. The lowest BCUT2D eigenvalue weighted by atomic mass is 10.0. The van der Waals surface area contributed by atoms with Crippen LogP contribution in [0.5, 0.6) is 0 Å². The van der Waals surface area contributed by atoms with E-state index in [2.05, 4.69) is 4.90 Å². The van der Waals surface area contributed by atoms with Crippen LogP contribution >= 0.6 is 0 Å². The number of benzene rings is 1. The maximum Gasteiger partial charge on any atom is 0.159 e. The average Bonchev–Trinajstić information content (AvgIpc) is 2.41. The molecule has 1 fully saturated rings. The summed E-state index contributed by atoms with van der Waals surface area (Å²) in [5.41, 5.74) is 0.344. The largest absolute Gasteiger partial charge is 0.386 e. The van der Waals surface area contributed by atoms with Crippen molar-refractivity contribution in [1.29, 1.82) is 0 Å². The molecule has 1 aromatic carbocycles. The van der Waals surface area contributed by atoms with Crippen molar-refractivity contribution in [1.82, 2.24) is 4.90 Å². The standard InChI is InChI=1S/C13H17F2NO2/c1-2-16-5-6-18-12(8-16)13(17)9-3-4-10(14)11(15)7-9/h3-4,7,12-13,17H,2,5-6,8H2,1H3. The number of halogens is 2. The molecule has 1 saturated heterocycles. The first-order chi connectivity index (χ1) is 8.61. The Labute approximate surface area is 105 Å². The lowest BCUT2D eigenvalue weighted by Crippen LogP contribution is -2.44. The van der Waals surface area contributed by atoms with Crippen LogP contribution in [0, 0.1) is 11.6 Å². The van der Waals surface area contributed by atoms with Crippen molar-refractivity contribution in [3.8, 4) is 0 Å². The van der Waals surface area contributed by atoms with Crippen LogP contribution in [0.4, 0.5) is 8.78 Å². The molecule has 0 aromatic heterocycles. The molecule has 3 nitrogen and oxygen atoms in total.